The van der Waals surface area contributed by atoms with Gasteiger partial charge in [0.15, 0.2) is 0 Å². The highest BCUT2D eigenvalue weighted by atomic mass is 16.3. The minimum absolute atomic E-state index is 0.0280. The van der Waals surface area contributed by atoms with Crippen LogP contribution in [0.1, 0.15) is 44.6 Å². The van der Waals surface area contributed by atoms with Crippen molar-refractivity contribution in [1.29, 1.82) is 0 Å². The van der Waals surface area contributed by atoms with E-state index < -0.39 is 0 Å². The Morgan fingerprint density at radius 2 is 1.91 bits per heavy atom. The minimum Gasteiger partial charge on any atom is -0.396 e. The van der Waals surface area contributed by atoms with Crippen LogP contribution < -0.4 is 5.32 Å². The second-order valence-electron chi connectivity index (χ2n) is 6.71. The molecule has 2 amide bonds. The van der Waals surface area contributed by atoms with Gasteiger partial charge in [-0.15, -0.1) is 0 Å². The first kappa shape index (κ1) is 17.8. The Morgan fingerprint density at radius 1 is 1.26 bits per heavy atom. The van der Waals surface area contributed by atoms with E-state index in [9.17, 15) is 9.90 Å². The fraction of sp³-hybridized carbons (Fsp3) is 0.632. The van der Waals surface area contributed by atoms with Gasteiger partial charge in [-0.05, 0) is 50.0 Å². The van der Waals surface area contributed by atoms with E-state index in [1.807, 2.05) is 30.1 Å². The monoisotopic (exact) mass is 318 g/mol. The van der Waals surface area contributed by atoms with E-state index in [0.717, 1.165) is 38.5 Å². The summed E-state index contributed by atoms with van der Waals surface area (Å²) in [5.41, 5.74) is 1.26. The van der Waals surface area contributed by atoms with Crippen molar-refractivity contribution in [3.8, 4) is 0 Å². The molecular formula is C19H30N2O2. The molecule has 0 aliphatic heterocycles. The van der Waals surface area contributed by atoms with Gasteiger partial charge in [0.25, 0.3) is 0 Å². The zero-order chi connectivity index (χ0) is 16.7. The van der Waals surface area contributed by atoms with Crippen LogP contribution in [0.25, 0.3) is 0 Å². The molecule has 0 heterocycles. The first-order valence-electron chi connectivity index (χ1n) is 8.82. The number of carbonyl (C=O) groups is 1. The maximum absolute atomic E-state index is 12.5. The average molecular weight is 318 g/mol. The molecule has 4 nitrogen and oxygen atoms in total. The van der Waals surface area contributed by atoms with Crippen LogP contribution in [0, 0.1) is 5.92 Å². The summed E-state index contributed by atoms with van der Waals surface area (Å²) in [6.07, 6.45) is 5.80. The van der Waals surface area contributed by atoms with E-state index in [4.69, 9.17) is 0 Å². The third-order valence-electron chi connectivity index (χ3n) is 5.09. The molecule has 1 aromatic rings. The highest BCUT2D eigenvalue weighted by Gasteiger charge is 2.26. The smallest absolute Gasteiger partial charge is 0.317 e. The Labute approximate surface area is 139 Å². The number of nitrogens with one attached hydrogen (secondary N) is 1. The lowest BCUT2D eigenvalue weighted by atomic mass is 9.86. The highest BCUT2D eigenvalue weighted by molar-refractivity contribution is 5.74. The van der Waals surface area contributed by atoms with Gasteiger partial charge in [0, 0.05) is 25.7 Å². The lowest BCUT2D eigenvalue weighted by Crippen LogP contribution is -2.48. The number of hydrogen-bond acceptors (Lipinski definition) is 2. The van der Waals surface area contributed by atoms with E-state index in [2.05, 4.69) is 24.4 Å². The molecule has 1 aromatic carbocycles. The van der Waals surface area contributed by atoms with E-state index in [1.165, 1.54) is 5.56 Å². The van der Waals surface area contributed by atoms with Gasteiger partial charge in [0.1, 0.15) is 0 Å². The third-order valence-corrected chi connectivity index (χ3v) is 5.09. The van der Waals surface area contributed by atoms with E-state index in [-0.39, 0.29) is 18.7 Å². The van der Waals surface area contributed by atoms with Crippen molar-refractivity contribution in [1.82, 2.24) is 10.2 Å². The van der Waals surface area contributed by atoms with Crippen molar-refractivity contribution in [2.45, 2.75) is 57.5 Å². The zero-order valence-corrected chi connectivity index (χ0v) is 14.4. The van der Waals surface area contributed by atoms with Crippen LogP contribution in [0.15, 0.2) is 30.3 Å². The molecule has 0 bridgehead atoms. The topological polar surface area (TPSA) is 52.6 Å². The maximum Gasteiger partial charge on any atom is 0.317 e. The van der Waals surface area contributed by atoms with Crippen LogP contribution in [0.3, 0.4) is 0 Å². The van der Waals surface area contributed by atoms with E-state index >= 15 is 0 Å². The van der Waals surface area contributed by atoms with E-state index in [0.29, 0.717) is 12.0 Å². The summed E-state index contributed by atoms with van der Waals surface area (Å²) in [5, 5.41) is 12.4. The highest BCUT2D eigenvalue weighted by Crippen LogP contribution is 2.26. The SMILES string of the molecule is CCC(Cc1ccccc1)NC(=O)N(C)C1CCC(CO)CC1. The van der Waals surface area contributed by atoms with Gasteiger partial charge in [0.2, 0.25) is 0 Å². The molecule has 0 spiro atoms. The van der Waals surface area contributed by atoms with Crippen LogP contribution in [-0.4, -0.2) is 41.8 Å². The number of benzene rings is 1. The van der Waals surface area contributed by atoms with Crippen molar-refractivity contribution in [2.24, 2.45) is 5.92 Å². The Bertz CT molecular complexity index is 470. The van der Waals surface area contributed by atoms with Gasteiger partial charge in [-0.3, -0.25) is 0 Å². The van der Waals surface area contributed by atoms with Crippen molar-refractivity contribution >= 4 is 6.03 Å². The van der Waals surface area contributed by atoms with Crippen molar-refractivity contribution < 1.29 is 9.90 Å². The quantitative estimate of drug-likeness (QED) is 0.846. The Morgan fingerprint density at radius 3 is 2.48 bits per heavy atom. The molecule has 1 aliphatic carbocycles. The summed E-state index contributed by atoms with van der Waals surface area (Å²) in [5.74, 6) is 0.421. The molecule has 0 saturated heterocycles. The number of aliphatic hydroxyl groups is 1. The molecule has 2 rings (SSSR count). The predicted octanol–water partition coefficient (Wildman–Crippen LogP) is 3.20. The first-order chi connectivity index (χ1) is 11.1. The second-order valence-corrected chi connectivity index (χ2v) is 6.71. The van der Waals surface area contributed by atoms with E-state index in [1.54, 1.807) is 0 Å². The molecule has 128 valence electrons. The molecular weight excluding hydrogens is 288 g/mol. The Balaban J connectivity index is 1.84. The van der Waals surface area contributed by atoms with Gasteiger partial charge in [-0.1, -0.05) is 37.3 Å². The standard InChI is InChI=1S/C19H30N2O2/c1-3-17(13-15-7-5-4-6-8-15)20-19(23)21(2)18-11-9-16(14-22)10-12-18/h4-8,16-18,22H,3,9-14H2,1-2H3,(H,20,23). The number of aliphatic hydroxyl groups excluding tert-OH is 1. The molecule has 1 aliphatic rings. The summed E-state index contributed by atoms with van der Waals surface area (Å²) in [6, 6.07) is 10.8. The molecule has 1 fully saturated rings. The van der Waals surface area contributed by atoms with Crippen molar-refractivity contribution in [3.63, 3.8) is 0 Å². The normalized spacial score (nSPS) is 22.4. The summed E-state index contributed by atoms with van der Waals surface area (Å²) in [4.78, 5) is 14.4. The lowest BCUT2D eigenvalue weighted by molar-refractivity contribution is 0.132. The zero-order valence-electron chi connectivity index (χ0n) is 14.4. The molecule has 23 heavy (non-hydrogen) atoms. The van der Waals surface area contributed by atoms with Gasteiger partial charge < -0.3 is 15.3 Å². The maximum atomic E-state index is 12.5. The number of urea groups is 1. The molecule has 0 radical (unpaired) electrons. The second kappa shape index (κ2) is 8.92. The van der Waals surface area contributed by atoms with Crippen LogP contribution in [-0.2, 0) is 6.42 Å². The van der Waals surface area contributed by atoms with Crippen LogP contribution in [0.4, 0.5) is 4.79 Å². The number of carbonyl (C=O) groups excluding carboxylic acids is 1. The Hall–Kier alpha value is -1.55. The van der Waals surface area contributed by atoms with Crippen LogP contribution in [0.2, 0.25) is 0 Å². The van der Waals surface area contributed by atoms with Gasteiger partial charge >= 0.3 is 6.03 Å². The summed E-state index contributed by atoms with van der Waals surface area (Å²) in [7, 11) is 1.90. The minimum atomic E-state index is 0.0280. The largest absolute Gasteiger partial charge is 0.396 e. The summed E-state index contributed by atoms with van der Waals surface area (Å²) < 4.78 is 0. The van der Waals surface area contributed by atoms with Crippen LogP contribution >= 0.6 is 0 Å². The van der Waals surface area contributed by atoms with Gasteiger partial charge in [0.05, 0.1) is 0 Å². The number of nitrogens with zero attached hydrogens (tertiary/aromatic N) is 1. The molecule has 1 atom stereocenters. The molecule has 2 N–H and O–H groups in total. The van der Waals surface area contributed by atoms with Gasteiger partial charge in [-0.25, -0.2) is 4.79 Å². The third kappa shape index (κ3) is 5.24. The fourth-order valence-electron chi connectivity index (χ4n) is 3.35. The number of amides is 2. The van der Waals surface area contributed by atoms with Crippen molar-refractivity contribution in [2.75, 3.05) is 13.7 Å². The summed E-state index contributed by atoms with van der Waals surface area (Å²) in [6.45, 7) is 2.39. The molecule has 0 aromatic heterocycles. The van der Waals surface area contributed by atoms with Crippen molar-refractivity contribution in [3.05, 3.63) is 35.9 Å². The lowest BCUT2D eigenvalue weighted by Gasteiger charge is -2.35. The molecule has 4 heteroatoms. The average Bonchev–Trinajstić information content (AvgIpc) is 2.61. The number of hydrogen-bond donors (Lipinski definition) is 2. The predicted molar refractivity (Wildman–Crippen MR) is 93.4 cm³/mol. The Kier molecular flexibility index (Phi) is 6.90. The fourth-order valence-corrected chi connectivity index (χ4v) is 3.35. The van der Waals surface area contributed by atoms with Crippen LogP contribution in [0.5, 0.6) is 0 Å². The summed E-state index contributed by atoms with van der Waals surface area (Å²) >= 11 is 0. The van der Waals surface area contributed by atoms with Gasteiger partial charge in [-0.2, -0.15) is 0 Å². The number of rotatable bonds is 6. The molecule has 1 unspecified atom stereocenters. The molecule has 1 saturated carbocycles. The first-order valence-corrected chi connectivity index (χ1v) is 8.82.